The van der Waals surface area contributed by atoms with E-state index in [0.29, 0.717) is 52.2 Å². The Kier molecular flexibility index (Phi) is 8.27. The molecular weight excluding hydrogens is 458 g/mol. The Morgan fingerprint density at radius 3 is 2.46 bits per heavy atom. The van der Waals surface area contributed by atoms with Crippen LogP contribution < -0.4 is 5.56 Å². The summed E-state index contributed by atoms with van der Waals surface area (Å²) in [7, 11) is 0. The Morgan fingerprint density at radius 2 is 1.77 bits per heavy atom. The van der Waals surface area contributed by atoms with Gasteiger partial charge in [-0.05, 0) is 68.0 Å². The molecule has 1 aliphatic carbocycles. The van der Waals surface area contributed by atoms with E-state index in [-0.39, 0.29) is 17.5 Å². The molecule has 1 saturated carbocycles. The molecule has 4 rings (SSSR count). The smallest absolute Gasteiger partial charge is 0.266 e. The summed E-state index contributed by atoms with van der Waals surface area (Å²) >= 11 is 6.13. The first-order valence-electron chi connectivity index (χ1n) is 12.9. The second-order valence-electron chi connectivity index (χ2n) is 10.2. The molecule has 5 nitrogen and oxygen atoms in total. The van der Waals surface area contributed by atoms with Gasteiger partial charge in [0.25, 0.3) is 5.56 Å². The third kappa shape index (κ3) is 5.95. The maximum atomic E-state index is 13.7. The minimum Gasteiger partial charge on any atom is -0.333 e. The number of benzene rings is 2. The van der Waals surface area contributed by atoms with Gasteiger partial charge in [-0.2, -0.15) is 0 Å². The predicted octanol–water partition coefficient (Wildman–Crippen LogP) is 6.95. The number of rotatable bonds is 9. The van der Waals surface area contributed by atoms with Crippen LogP contribution in [0, 0.1) is 11.8 Å². The fraction of sp³-hybridized carbons (Fsp3) is 0.483. The molecule has 1 fully saturated rings. The van der Waals surface area contributed by atoms with Crippen LogP contribution in [0.15, 0.2) is 53.3 Å². The molecule has 0 aliphatic heterocycles. The normalized spacial score (nSPS) is 15.1. The van der Waals surface area contributed by atoms with Crippen molar-refractivity contribution in [1.29, 1.82) is 0 Å². The third-order valence-electron chi connectivity index (χ3n) is 7.24. The molecule has 6 heteroatoms. The minimum atomic E-state index is -0.349. The number of fused-ring (bicyclic) bond motifs is 1. The zero-order valence-corrected chi connectivity index (χ0v) is 21.8. The molecule has 35 heavy (non-hydrogen) atoms. The van der Waals surface area contributed by atoms with E-state index in [2.05, 4.69) is 13.8 Å². The number of carbonyl (C=O) groups excluding carboxylic acids is 1. The Bertz CT molecular complexity index is 1210. The monoisotopic (exact) mass is 493 g/mol. The van der Waals surface area contributed by atoms with Crippen molar-refractivity contribution in [2.24, 2.45) is 11.8 Å². The third-order valence-corrected chi connectivity index (χ3v) is 7.49. The quantitative estimate of drug-likeness (QED) is 0.324. The van der Waals surface area contributed by atoms with Crippen LogP contribution >= 0.6 is 11.6 Å². The molecule has 0 bridgehead atoms. The highest BCUT2D eigenvalue weighted by atomic mass is 35.5. The van der Waals surface area contributed by atoms with Crippen LogP contribution in [-0.2, 0) is 4.79 Å². The average molecular weight is 494 g/mol. The van der Waals surface area contributed by atoms with Crippen molar-refractivity contribution in [3.05, 3.63) is 69.7 Å². The molecule has 2 aromatic carbocycles. The summed E-state index contributed by atoms with van der Waals surface area (Å²) in [5, 5.41) is 1.16. The number of hydrogen-bond acceptors (Lipinski definition) is 3. The van der Waals surface area contributed by atoms with Gasteiger partial charge in [0, 0.05) is 18.0 Å². The number of para-hydroxylation sites is 1. The highest BCUT2D eigenvalue weighted by molar-refractivity contribution is 6.30. The van der Waals surface area contributed by atoms with Crippen LogP contribution in [0.5, 0.6) is 0 Å². The SMILES string of the molecule is CC(C)CCN(C(=O)CCC1CCCC1)C(C)c1nc2ccccc2c(=O)n1-c1ccc(Cl)cc1. The first kappa shape index (κ1) is 25.4. The topological polar surface area (TPSA) is 55.2 Å². The van der Waals surface area contributed by atoms with Gasteiger partial charge in [-0.25, -0.2) is 4.98 Å². The molecule has 1 unspecified atom stereocenters. The fourth-order valence-electron chi connectivity index (χ4n) is 5.11. The maximum absolute atomic E-state index is 13.7. The van der Waals surface area contributed by atoms with Gasteiger partial charge in [-0.3, -0.25) is 14.2 Å². The molecule has 0 saturated heterocycles. The van der Waals surface area contributed by atoms with Crippen molar-refractivity contribution >= 4 is 28.4 Å². The van der Waals surface area contributed by atoms with E-state index >= 15 is 0 Å². The zero-order valence-electron chi connectivity index (χ0n) is 21.0. The van der Waals surface area contributed by atoms with Gasteiger partial charge >= 0.3 is 0 Å². The summed E-state index contributed by atoms with van der Waals surface area (Å²) < 4.78 is 1.65. The van der Waals surface area contributed by atoms with E-state index in [0.717, 1.165) is 12.8 Å². The average Bonchev–Trinajstić information content (AvgIpc) is 3.37. The number of halogens is 1. The van der Waals surface area contributed by atoms with Crippen LogP contribution in [0.1, 0.15) is 77.6 Å². The van der Waals surface area contributed by atoms with Gasteiger partial charge in [0.1, 0.15) is 5.82 Å². The minimum absolute atomic E-state index is 0.137. The van der Waals surface area contributed by atoms with Gasteiger partial charge in [0.2, 0.25) is 5.91 Å². The molecule has 0 N–H and O–H groups in total. The summed E-state index contributed by atoms with van der Waals surface area (Å²) in [5.74, 6) is 1.85. The van der Waals surface area contributed by atoms with Crippen LogP contribution in [0.2, 0.25) is 5.02 Å². The molecule has 0 spiro atoms. The lowest BCUT2D eigenvalue weighted by molar-refractivity contribution is -0.134. The van der Waals surface area contributed by atoms with E-state index in [1.807, 2.05) is 42.2 Å². The van der Waals surface area contributed by atoms with Crippen molar-refractivity contribution < 1.29 is 4.79 Å². The Labute approximate surface area is 213 Å². The van der Waals surface area contributed by atoms with Gasteiger partial charge in [-0.15, -0.1) is 0 Å². The molecule has 3 aromatic rings. The zero-order chi connectivity index (χ0) is 24.9. The van der Waals surface area contributed by atoms with Crippen molar-refractivity contribution in [3.8, 4) is 5.69 Å². The number of nitrogens with zero attached hydrogens (tertiary/aromatic N) is 3. The fourth-order valence-corrected chi connectivity index (χ4v) is 5.24. The summed E-state index contributed by atoms with van der Waals surface area (Å²) in [6, 6.07) is 14.3. The standard InChI is InChI=1S/C29H36ClN3O2/c1-20(2)18-19-32(27(34)17-12-22-8-4-5-9-22)21(3)28-31-26-11-7-6-10-25(26)29(35)33(28)24-15-13-23(30)14-16-24/h6-7,10-11,13-16,20-22H,4-5,8-9,12,17-19H2,1-3H3. The van der Waals surface area contributed by atoms with E-state index < -0.39 is 0 Å². The lowest BCUT2D eigenvalue weighted by Crippen LogP contribution is -2.38. The van der Waals surface area contributed by atoms with E-state index in [1.54, 1.807) is 22.8 Å². The molecule has 0 radical (unpaired) electrons. The number of aromatic nitrogens is 2. The predicted molar refractivity (Wildman–Crippen MR) is 143 cm³/mol. The van der Waals surface area contributed by atoms with Crippen LogP contribution in [0.4, 0.5) is 0 Å². The summed E-state index contributed by atoms with van der Waals surface area (Å²) in [6.45, 7) is 6.98. The van der Waals surface area contributed by atoms with Crippen molar-refractivity contribution in [2.45, 2.75) is 71.8 Å². The number of amides is 1. The highest BCUT2D eigenvalue weighted by Crippen LogP contribution is 2.30. The van der Waals surface area contributed by atoms with Gasteiger partial charge < -0.3 is 4.90 Å². The van der Waals surface area contributed by atoms with E-state index in [1.165, 1.54) is 25.7 Å². The van der Waals surface area contributed by atoms with E-state index in [9.17, 15) is 9.59 Å². The molecule has 1 aromatic heterocycles. The van der Waals surface area contributed by atoms with Gasteiger partial charge in [0.05, 0.1) is 22.6 Å². The van der Waals surface area contributed by atoms with Crippen LogP contribution in [-0.4, -0.2) is 26.9 Å². The molecule has 1 heterocycles. The second-order valence-corrected chi connectivity index (χ2v) is 10.7. The number of hydrogen-bond donors (Lipinski definition) is 0. The first-order valence-corrected chi connectivity index (χ1v) is 13.3. The summed E-state index contributed by atoms with van der Waals surface area (Å²) in [5.41, 5.74) is 1.20. The van der Waals surface area contributed by atoms with Crippen molar-refractivity contribution in [3.63, 3.8) is 0 Å². The molecule has 1 atom stereocenters. The first-order chi connectivity index (χ1) is 16.8. The highest BCUT2D eigenvalue weighted by Gasteiger charge is 2.27. The summed E-state index contributed by atoms with van der Waals surface area (Å²) in [6.07, 6.45) is 7.42. The lowest BCUT2D eigenvalue weighted by atomic mass is 10.0. The summed E-state index contributed by atoms with van der Waals surface area (Å²) in [4.78, 5) is 34.1. The van der Waals surface area contributed by atoms with Crippen LogP contribution in [0.25, 0.3) is 16.6 Å². The Hall–Kier alpha value is -2.66. The molecular formula is C29H36ClN3O2. The molecule has 186 valence electrons. The lowest BCUT2D eigenvalue weighted by Gasteiger charge is -2.31. The Morgan fingerprint density at radius 1 is 1.09 bits per heavy atom. The molecule has 1 aliphatic rings. The van der Waals surface area contributed by atoms with Crippen molar-refractivity contribution in [1.82, 2.24) is 14.5 Å². The van der Waals surface area contributed by atoms with Crippen molar-refractivity contribution in [2.75, 3.05) is 6.54 Å². The van der Waals surface area contributed by atoms with Crippen LogP contribution in [0.3, 0.4) is 0 Å². The maximum Gasteiger partial charge on any atom is 0.266 e. The number of carbonyl (C=O) groups is 1. The molecule has 1 amide bonds. The second kappa shape index (κ2) is 11.4. The van der Waals surface area contributed by atoms with Gasteiger partial charge in [0.15, 0.2) is 0 Å². The van der Waals surface area contributed by atoms with Gasteiger partial charge in [-0.1, -0.05) is 63.3 Å². The largest absolute Gasteiger partial charge is 0.333 e. The Balaban J connectivity index is 1.75. The van der Waals surface area contributed by atoms with E-state index in [4.69, 9.17) is 16.6 Å².